The highest BCUT2D eigenvalue weighted by molar-refractivity contribution is 5.70. The van der Waals surface area contributed by atoms with Crippen LogP contribution in [0.4, 0.5) is 0 Å². The Morgan fingerprint density at radius 2 is 0.731 bits per heavy atom. The molecule has 0 radical (unpaired) electrons. The minimum Gasteiger partial charge on any atom is -0.545 e. The predicted octanol–water partition coefficient (Wildman–Crippen LogP) is 18.4. The molecular weight excluding hydrogens is 971 g/mol. The zero-order chi connectivity index (χ0) is 56.9. The molecule has 0 aromatic carbocycles. The Balaban J connectivity index is 4.18. The van der Waals surface area contributed by atoms with Crippen LogP contribution in [0.3, 0.4) is 0 Å². The second kappa shape index (κ2) is 59.8. The zero-order valence-corrected chi connectivity index (χ0v) is 51.5. The van der Waals surface area contributed by atoms with E-state index in [2.05, 4.69) is 86.8 Å². The maximum absolute atomic E-state index is 12.9. The van der Waals surface area contributed by atoms with Crippen LogP contribution in [0.15, 0.2) is 72.9 Å². The Hall–Kier alpha value is -3.27. The highest BCUT2D eigenvalue weighted by Crippen LogP contribution is 2.18. The summed E-state index contributed by atoms with van der Waals surface area (Å²) in [5, 5.41) is 11.8. The minimum absolute atomic E-state index is 0.144. The fourth-order valence-corrected chi connectivity index (χ4v) is 9.25. The Morgan fingerprint density at radius 3 is 1.09 bits per heavy atom. The summed E-state index contributed by atoms with van der Waals surface area (Å²) in [5.41, 5.74) is 0. The second-order valence-electron chi connectivity index (χ2n) is 23.0. The molecule has 0 aliphatic heterocycles. The number of ether oxygens (including phenoxy) is 4. The van der Waals surface area contributed by atoms with Gasteiger partial charge in [-0.25, -0.2) is 0 Å². The van der Waals surface area contributed by atoms with E-state index in [1.54, 1.807) is 0 Å². The Labute approximate surface area is 481 Å². The summed E-state index contributed by atoms with van der Waals surface area (Å²) in [6.07, 6.45) is 75.4. The molecule has 0 aromatic heterocycles. The van der Waals surface area contributed by atoms with Crippen LogP contribution >= 0.6 is 0 Å². The molecule has 0 aliphatic carbocycles. The normalized spacial score (nSPS) is 13.2. The number of aliphatic carboxylic acids is 1. The summed E-state index contributed by atoms with van der Waals surface area (Å²) in [5.74, 6) is -2.28. The fraction of sp³-hybridized carbons (Fsp3) is 0.783. The van der Waals surface area contributed by atoms with E-state index in [9.17, 15) is 19.5 Å². The predicted molar refractivity (Wildman–Crippen MR) is 329 cm³/mol. The number of nitrogens with zero attached hydrogens (tertiary/aromatic N) is 1. The van der Waals surface area contributed by atoms with E-state index < -0.39 is 24.3 Å². The molecule has 0 N–H and O–H groups in total. The van der Waals surface area contributed by atoms with Crippen molar-refractivity contribution in [2.24, 2.45) is 0 Å². The van der Waals surface area contributed by atoms with E-state index in [1.165, 1.54) is 173 Å². The summed E-state index contributed by atoms with van der Waals surface area (Å²) >= 11 is 0. The molecule has 0 saturated heterocycles. The molecule has 0 saturated carbocycles. The van der Waals surface area contributed by atoms with E-state index in [0.717, 1.165) is 83.5 Å². The lowest BCUT2D eigenvalue weighted by Gasteiger charge is -2.26. The molecule has 452 valence electrons. The molecule has 9 nitrogen and oxygen atoms in total. The van der Waals surface area contributed by atoms with Gasteiger partial charge in [0.25, 0.3) is 0 Å². The van der Waals surface area contributed by atoms with Crippen LogP contribution in [0.5, 0.6) is 0 Å². The van der Waals surface area contributed by atoms with Gasteiger partial charge in [0.1, 0.15) is 13.2 Å². The van der Waals surface area contributed by atoms with E-state index in [1.807, 2.05) is 21.1 Å². The molecule has 0 heterocycles. The average Bonchev–Trinajstić information content (AvgIpc) is 3.41. The van der Waals surface area contributed by atoms with Crippen molar-refractivity contribution in [3.63, 3.8) is 0 Å². The van der Waals surface area contributed by atoms with Crippen LogP contribution in [-0.4, -0.2) is 82.3 Å². The van der Waals surface area contributed by atoms with Crippen molar-refractivity contribution in [1.29, 1.82) is 0 Å². The van der Waals surface area contributed by atoms with E-state index in [4.69, 9.17) is 18.9 Å². The molecule has 2 atom stereocenters. The monoisotopic (exact) mass is 1090 g/mol. The zero-order valence-electron chi connectivity index (χ0n) is 51.5. The molecule has 2 unspecified atom stereocenters. The van der Waals surface area contributed by atoms with Crippen molar-refractivity contribution in [3.8, 4) is 0 Å². The number of esters is 2. The van der Waals surface area contributed by atoms with Crippen molar-refractivity contribution in [1.82, 2.24) is 0 Å². The number of quaternary nitrogens is 1. The Bertz CT molecular complexity index is 1510. The first-order valence-corrected chi connectivity index (χ1v) is 32.6. The average molecular weight is 1090 g/mol. The number of carboxylic acids is 1. The minimum atomic E-state index is -1.63. The number of carbonyl (C=O) groups excluding carboxylic acids is 3. The van der Waals surface area contributed by atoms with Gasteiger partial charge in [-0.2, -0.15) is 0 Å². The lowest BCUT2D eigenvalue weighted by molar-refractivity contribution is -0.870. The van der Waals surface area contributed by atoms with Gasteiger partial charge >= 0.3 is 11.9 Å². The summed E-state index contributed by atoms with van der Waals surface area (Å²) < 4.78 is 22.8. The van der Waals surface area contributed by atoms with Crippen molar-refractivity contribution >= 4 is 17.9 Å². The topological polar surface area (TPSA) is 111 Å². The number of carboxylic acid groups (broad SMARTS) is 1. The van der Waals surface area contributed by atoms with Crippen molar-refractivity contribution in [2.75, 3.05) is 47.5 Å². The molecular formula is C69H123NO8. The van der Waals surface area contributed by atoms with Crippen LogP contribution in [0.2, 0.25) is 0 Å². The summed E-state index contributed by atoms with van der Waals surface area (Å²) in [4.78, 5) is 37.4. The Morgan fingerprint density at radius 1 is 0.397 bits per heavy atom. The van der Waals surface area contributed by atoms with Crippen LogP contribution in [0.25, 0.3) is 0 Å². The molecule has 0 bridgehead atoms. The summed E-state index contributed by atoms with van der Waals surface area (Å²) in [7, 11) is 5.93. The lowest BCUT2D eigenvalue weighted by Crippen LogP contribution is -2.44. The molecule has 0 aliphatic rings. The van der Waals surface area contributed by atoms with Gasteiger partial charge in [0.05, 0.1) is 40.3 Å². The molecule has 0 rings (SSSR count). The van der Waals surface area contributed by atoms with Crippen LogP contribution in [-0.2, 0) is 33.3 Å². The molecule has 0 spiro atoms. The van der Waals surface area contributed by atoms with Gasteiger partial charge in [-0.15, -0.1) is 0 Å². The summed E-state index contributed by atoms with van der Waals surface area (Å²) in [6.45, 7) is 4.66. The number of allylic oxidation sites excluding steroid dienone is 12. The first-order chi connectivity index (χ1) is 38.1. The number of unbranched alkanes of at least 4 members (excludes halogenated alkanes) is 33. The quantitative estimate of drug-likeness (QED) is 0.0195. The molecule has 78 heavy (non-hydrogen) atoms. The third-order valence-corrected chi connectivity index (χ3v) is 14.2. The van der Waals surface area contributed by atoms with Gasteiger partial charge in [-0.3, -0.25) is 9.59 Å². The third-order valence-electron chi connectivity index (χ3n) is 14.2. The maximum Gasteiger partial charge on any atom is 0.306 e. The van der Waals surface area contributed by atoms with Gasteiger partial charge < -0.3 is 33.3 Å². The Kier molecular flexibility index (Phi) is 57.3. The number of likely N-dealkylation sites (N-methyl/N-ethyl adjacent to an activating group) is 1. The van der Waals surface area contributed by atoms with Crippen LogP contribution < -0.4 is 5.11 Å². The first-order valence-electron chi connectivity index (χ1n) is 32.6. The maximum atomic E-state index is 12.9. The van der Waals surface area contributed by atoms with Crippen molar-refractivity contribution in [3.05, 3.63) is 72.9 Å². The van der Waals surface area contributed by atoms with Crippen molar-refractivity contribution < 1.29 is 42.9 Å². The number of hydrogen-bond donors (Lipinski definition) is 0. The second-order valence-corrected chi connectivity index (χ2v) is 23.0. The highest BCUT2D eigenvalue weighted by Gasteiger charge is 2.22. The highest BCUT2D eigenvalue weighted by atomic mass is 16.7. The van der Waals surface area contributed by atoms with Gasteiger partial charge in [0.15, 0.2) is 12.4 Å². The number of rotatable bonds is 60. The molecule has 0 amide bonds. The third kappa shape index (κ3) is 60.4. The molecule has 0 aromatic rings. The van der Waals surface area contributed by atoms with Gasteiger partial charge in [-0.05, 0) is 64.2 Å². The van der Waals surface area contributed by atoms with Crippen LogP contribution in [0.1, 0.15) is 290 Å². The summed E-state index contributed by atoms with van der Waals surface area (Å²) in [6, 6.07) is 0. The fourth-order valence-electron chi connectivity index (χ4n) is 9.25. The van der Waals surface area contributed by atoms with Crippen LogP contribution in [0, 0.1) is 0 Å². The van der Waals surface area contributed by atoms with Crippen molar-refractivity contribution in [2.45, 2.75) is 302 Å². The van der Waals surface area contributed by atoms with E-state index in [0.29, 0.717) is 23.9 Å². The smallest absolute Gasteiger partial charge is 0.306 e. The van der Waals surface area contributed by atoms with Gasteiger partial charge in [0, 0.05) is 12.8 Å². The SMILES string of the molecule is CC/C=C\C/C=C\C/C=C\C/C=C\C/C=C\C/C=C\CCCCCCCCCCC(=O)OC(COC(=O)CCCCCCCCCCCCCCCCCCCCCCCCCCCC)COC(OCC[N+](C)(C)C)C(=O)[O-]. The number of carbonyl (C=O) groups is 3. The van der Waals surface area contributed by atoms with Gasteiger partial charge in [-0.1, -0.05) is 286 Å². The first kappa shape index (κ1) is 74.7. The molecule has 9 heteroatoms. The van der Waals surface area contributed by atoms with Gasteiger partial charge in [0.2, 0.25) is 0 Å². The van der Waals surface area contributed by atoms with E-state index in [-0.39, 0.29) is 32.2 Å². The standard InChI is InChI=1S/C69H123NO8/c1-6-8-10-12-14-16-18-20-22-24-26-28-30-32-34-36-38-40-42-44-46-48-50-52-54-56-58-60-67(72)78-65(64-77-69(68(73)74)75-62-61-70(3,4)5)63-76-66(71)59-57-55-53-51-49-47-45-43-41-39-37-35-33-31-29-27-25-23-21-19-17-15-13-11-9-7-2/h8,10,14,16,20,22,26,28,32,34,38,40,65,69H,6-7,9,11-13,15,17-19,21,23-25,27,29-31,33,35-37,39,41-64H2,1-5H3/b10-8-,16-14-,22-20-,28-26-,34-32-,40-38-. The molecule has 0 fully saturated rings. The lowest BCUT2D eigenvalue weighted by atomic mass is 10.0. The van der Waals surface area contributed by atoms with E-state index >= 15 is 0 Å². The largest absolute Gasteiger partial charge is 0.545 e. The number of hydrogen-bond acceptors (Lipinski definition) is 8.